The topological polar surface area (TPSA) is 126 Å². The van der Waals surface area contributed by atoms with Gasteiger partial charge in [-0.25, -0.2) is 0 Å². The molecule has 0 amide bonds. The van der Waals surface area contributed by atoms with Crippen LogP contribution in [-0.2, 0) is 0 Å². The number of aromatic amines is 1. The van der Waals surface area contributed by atoms with E-state index in [9.17, 15) is 0 Å². The first-order chi connectivity index (χ1) is 15.2. The molecule has 4 aromatic rings. The van der Waals surface area contributed by atoms with E-state index in [0.29, 0.717) is 28.8 Å². The molecular weight excluding hydrogens is 394 g/mol. The van der Waals surface area contributed by atoms with Gasteiger partial charge >= 0.3 is 6.01 Å². The van der Waals surface area contributed by atoms with Crippen molar-refractivity contribution in [1.29, 1.82) is 5.26 Å². The summed E-state index contributed by atoms with van der Waals surface area (Å²) in [7, 11) is 1.64. The lowest BCUT2D eigenvalue weighted by atomic mass is 10.2. The molecule has 1 aliphatic heterocycles. The van der Waals surface area contributed by atoms with Crippen LogP contribution in [0.2, 0.25) is 0 Å². The van der Waals surface area contributed by atoms with Gasteiger partial charge in [0.15, 0.2) is 5.75 Å². The SMILES string of the molecule is COc1cccc2c1[nH]c1nc(Oc3cncc(C#N)c3)nc(N3CC4C(N)C4C3)c12. The maximum absolute atomic E-state index is 9.13. The van der Waals surface area contributed by atoms with Gasteiger partial charge in [-0.2, -0.15) is 15.2 Å². The quantitative estimate of drug-likeness (QED) is 0.523. The second-order valence-electron chi connectivity index (χ2n) is 7.99. The number of benzene rings is 1. The minimum Gasteiger partial charge on any atom is -0.495 e. The molecule has 1 saturated carbocycles. The number of rotatable bonds is 4. The Labute approximate surface area is 177 Å². The molecule has 9 heteroatoms. The van der Waals surface area contributed by atoms with E-state index in [1.54, 1.807) is 13.2 Å². The second-order valence-corrected chi connectivity index (χ2v) is 7.99. The average Bonchev–Trinajstić information content (AvgIpc) is 3.15. The number of ether oxygens (including phenoxy) is 2. The van der Waals surface area contributed by atoms with Gasteiger partial charge in [0.25, 0.3) is 0 Å². The van der Waals surface area contributed by atoms with E-state index in [2.05, 4.69) is 25.9 Å². The molecule has 1 aromatic carbocycles. The number of nitriles is 1. The van der Waals surface area contributed by atoms with Gasteiger partial charge in [-0.05, 0) is 17.9 Å². The molecule has 9 nitrogen and oxygen atoms in total. The van der Waals surface area contributed by atoms with Crippen molar-refractivity contribution in [2.45, 2.75) is 6.04 Å². The standard InChI is InChI=1S/C22H19N7O2/c1-30-16-4-2-3-13-17-20(26-19(13)16)27-22(31-12-5-11(6-23)7-25-8-12)28-21(17)29-9-14-15(10-29)18(14)24/h2-5,7-8,14-15,18H,9-10,24H2,1H3,(H,26,27,28). The molecule has 4 heterocycles. The Morgan fingerprint density at radius 1 is 1.23 bits per heavy atom. The number of para-hydroxylation sites is 1. The van der Waals surface area contributed by atoms with Crippen LogP contribution in [0.1, 0.15) is 5.56 Å². The number of hydrogen-bond acceptors (Lipinski definition) is 8. The summed E-state index contributed by atoms with van der Waals surface area (Å²) in [6.45, 7) is 1.72. The number of fused-ring (bicyclic) bond motifs is 4. The van der Waals surface area contributed by atoms with Gasteiger partial charge in [-0.1, -0.05) is 12.1 Å². The van der Waals surface area contributed by atoms with E-state index in [-0.39, 0.29) is 12.1 Å². The van der Waals surface area contributed by atoms with Crippen molar-refractivity contribution < 1.29 is 9.47 Å². The van der Waals surface area contributed by atoms with Crippen LogP contribution in [-0.4, -0.2) is 46.2 Å². The third kappa shape index (κ3) is 2.76. The minimum absolute atomic E-state index is 0.190. The van der Waals surface area contributed by atoms with Crippen molar-refractivity contribution in [2.75, 3.05) is 25.1 Å². The molecule has 2 aliphatic rings. The molecule has 1 saturated heterocycles. The van der Waals surface area contributed by atoms with E-state index in [1.165, 1.54) is 12.4 Å². The fraction of sp³-hybridized carbons (Fsp3) is 0.273. The highest BCUT2D eigenvalue weighted by Crippen LogP contribution is 2.47. The highest BCUT2D eigenvalue weighted by atomic mass is 16.5. The van der Waals surface area contributed by atoms with Gasteiger partial charge in [0.1, 0.15) is 23.3 Å². The molecule has 3 aromatic heterocycles. The smallest absolute Gasteiger partial charge is 0.326 e. The van der Waals surface area contributed by atoms with Crippen molar-refractivity contribution in [2.24, 2.45) is 17.6 Å². The number of nitrogens with one attached hydrogen (secondary N) is 1. The number of nitrogens with two attached hydrogens (primary N) is 1. The number of nitrogens with zero attached hydrogens (tertiary/aromatic N) is 5. The van der Waals surface area contributed by atoms with Crippen LogP contribution in [0.25, 0.3) is 21.9 Å². The zero-order valence-corrected chi connectivity index (χ0v) is 16.7. The normalized spacial score (nSPS) is 21.8. The van der Waals surface area contributed by atoms with Crippen LogP contribution in [0, 0.1) is 23.2 Å². The Kier molecular flexibility index (Phi) is 3.79. The molecule has 0 spiro atoms. The zero-order chi connectivity index (χ0) is 21.1. The summed E-state index contributed by atoms with van der Waals surface area (Å²) in [4.78, 5) is 19.0. The molecule has 0 bridgehead atoms. The van der Waals surface area contributed by atoms with Gasteiger partial charge in [0.05, 0.1) is 29.8 Å². The van der Waals surface area contributed by atoms with Crippen LogP contribution in [0.5, 0.6) is 17.5 Å². The number of piperidine rings is 1. The second kappa shape index (κ2) is 6.55. The molecular formula is C22H19N7O2. The van der Waals surface area contributed by atoms with Crippen LogP contribution >= 0.6 is 0 Å². The highest BCUT2D eigenvalue weighted by Gasteiger charge is 2.54. The van der Waals surface area contributed by atoms with Crippen LogP contribution in [0.15, 0.2) is 36.7 Å². The molecule has 6 rings (SSSR count). The van der Waals surface area contributed by atoms with E-state index in [4.69, 9.17) is 25.5 Å². The molecule has 2 fully saturated rings. The van der Waals surface area contributed by atoms with Crippen molar-refractivity contribution in [3.8, 4) is 23.6 Å². The number of methoxy groups -OCH3 is 1. The summed E-state index contributed by atoms with van der Waals surface area (Å²) in [5.41, 5.74) is 8.08. The van der Waals surface area contributed by atoms with Gasteiger partial charge < -0.3 is 25.1 Å². The first-order valence-electron chi connectivity index (χ1n) is 10.1. The molecule has 154 valence electrons. The van der Waals surface area contributed by atoms with Crippen molar-refractivity contribution in [3.63, 3.8) is 0 Å². The maximum Gasteiger partial charge on any atom is 0.326 e. The molecule has 2 unspecified atom stereocenters. The van der Waals surface area contributed by atoms with E-state index in [0.717, 1.165) is 40.9 Å². The van der Waals surface area contributed by atoms with Gasteiger partial charge in [0, 0.05) is 36.8 Å². The highest BCUT2D eigenvalue weighted by molar-refractivity contribution is 6.13. The molecule has 1 aliphatic carbocycles. The van der Waals surface area contributed by atoms with E-state index >= 15 is 0 Å². The number of pyridine rings is 1. The lowest BCUT2D eigenvalue weighted by molar-refractivity contribution is 0.419. The predicted octanol–water partition coefficient (Wildman–Crippen LogP) is 2.57. The van der Waals surface area contributed by atoms with Gasteiger partial charge in [-0.3, -0.25) is 4.98 Å². The average molecular weight is 413 g/mol. The summed E-state index contributed by atoms with van der Waals surface area (Å²) in [6, 6.07) is 10.0. The first kappa shape index (κ1) is 17.9. The van der Waals surface area contributed by atoms with Gasteiger partial charge in [0.2, 0.25) is 0 Å². The number of anilines is 1. The largest absolute Gasteiger partial charge is 0.495 e. The molecule has 0 radical (unpaired) electrons. The van der Waals surface area contributed by atoms with Crippen LogP contribution < -0.4 is 20.1 Å². The summed E-state index contributed by atoms with van der Waals surface area (Å²) in [5, 5.41) is 11.1. The molecule has 2 atom stereocenters. The fourth-order valence-electron chi connectivity index (χ4n) is 4.59. The van der Waals surface area contributed by atoms with E-state index in [1.807, 2.05) is 18.2 Å². The zero-order valence-electron chi connectivity index (χ0n) is 16.7. The Balaban J connectivity index is 1.51. The summed E-state index contributed by atoms with van der Waals surface area (Å²) in [5.74, 6) is 2.96. The van der Waals surface area contributed by atoms with Gasteiger partial charge in [-0.15, -0.1) is 0 Å². The molecule has 3 N–H and O–H groups in total. The number of H-pyrrole nitrogens is 1. The Morgan fingerprint density at radius 3 is 2.84 bits per heavy atom. The third-order valence-electron chi connectivity index (χ3n) is 6.24. The van der Waals surface area contributed by atoms with Crippen molar-refractivity contribution in [3.05, 3.63) is 42.2 Å². The Morgan fingerprint density at radius 2 is 2.06 bits per heavy atom. The number of aromatic nitrogens is 4. The summed E-state index contributed by atoms with van der Waals surface area (Å²) < 4.78 is 11.4. The minimum atomic E-state index is 0.190. The third-order valence-corrected chi connectivity index (χ3v) is 6.24. The fourth-order valence-corrected chi connectivity index (χ4v) is 4.59. The maximum atomic E-state index is 9.13. The Hall–Kier alpha value is -3.90. The van der Waals surface area contributed by atoms with Crippen molar-refractivity contribution >= 4 is 27.8 Å². The van der Waals surface area contributed by atoms with Crippen LogP contribution in [0.4, 0.5) is 5.82 Å². The van der Waals surface area contributed by atoms with E-state index < -0.39 is 0 Å². The number of hydrogen-bond donors (Lipinski definition) is 2. The lowest BCUT2D eigenvalue weighted by Gasteiger charge is -2.21. The first-order valence-corrected chi connectivity index (χ1v) is 10.1. The summed E-state index contributed by atoms with van der Waals surface area (Å²) >= 11 is 0. The summed E-state index contributed by atoms with van der Waals surface area (Å²) in [6.07, 6.45) is 3.01. The lowest BCUT2D eigenvalue weighted by Crippen LogP contribution is -2.29. The Bertz CT molecular complexity index is 1360. The van der Waals surface area contributed by atoms with Crippen molar-refractivity contribution in [1.82, 2.24) is 19.9 Å². The van der Waals surface area contributed by atoms with Crippen LogP contribution in [0.3, 0.4) is 0 Å². The monoisotopic (exact) mass is 413 g/mol. The molecule has 31 heavy (non-hydrogen) atoms. The predicted molar refractivity (Wildman–Crippen MR) is 114 cm³/mol.